The molecule has 2 aliphatic heterocycles. The third-order valence-electron chi connectivity index (χ3n) is 4.78. The number of nitrogens with zero attached hydrogens (tertiary/aromatic N) is 2. The van der Waals surface area contributed by atoms with Crippen molar-refractivity contribution in [3.63, 3.8) is 0 Å². The lowest BCUT2D eigenvalue weighted by Gasteiger charge is -2.06. The summed E-state index contributed by atoms with van der Waals surface area (Å²) in [5, 5.41) is 10.2. The van der Waals surface area contributed by atoms with Crippen LogP contribution < -0.4 is 16.0 Å². The summed E-state index contributed by atoms with van der Waals surface area (Å²) in [7, 11) is 0. The number of furan rings is 1. The number of nitrogens with one attached hydrogen (secondary N) is 3. The maximum atomic E-state index is 12.6. The van der Waals surface area contributed by atoms with Gasteiger partial charge in [0.25, 0.3) is 5.91 Å². The Morgan fingerprint density at radius 1 is 0.897 bits per heavy atom. The third-order valence-corrected chi connectivity index (χ3v) is 4.78. The first-order chi connectivity index (χ1) is 13.8. The number of amidine groups is 2. The maximum Gasteiger partial charge on any atom is 0.291 e. The van der Waals surface area contributed by atoms with Crippen LogP contribution in [-0.2, 0) is 0 Å². The van der Waals surface area contributed by atoms with Gasteiger partial charge in [-0.15, -0.1) is 12.4 Å². The molecule has 3 N–H and O–H groups in total. The first-order valence-electron chi connectivity index (χ1n) is 9.29. The number of benzene rings is 2. The predicted molar refractivity (Wildman–Crippen MR) is 117 cm³/mol. The highest BCUT2D eigenvalue weighted by atomic mass is 35.5. The van der Waals surface area contributed by atoms with Crippen molar-refractivity contribution in [1.29, 1.82) is 0 Å². The van der Waals surface area contributed by atoms with Crippen LogP contribution in [0.15, 0.2) is 62.9 Å². The minimum absolute atomic E-state index is 0. The van der Waals surface area contributed by atoms with Crippen molar-refractivity contribution in [1.82, 2.24) is 10.6 Å². The van der Waals surface area contributed by atoms with E-state index in [4.69, 9.17) is 4.42 Å². The summed E-state index contributed by atoms with van der Waals surface area (Å²) in [4.78, 5) is 21.4. The van der Waals surface area contributed by atoms with Crippen LogP contribution in [0.3, 0.4) is 0 Å². The van der Waals surface area contributed by atoms with Gasteiger partial charge < -0.3 is 20.4 Å². The highest BCUT2D eigenvalue weighted by Gasteiger charge is 2.15. The molecule has 2 aromatic carbocycles. The molecule has 0 bridgehead atoms. The first-order valence-corrected chi connectivity index (χ1v) is 9.29. The van der Waals surface area contributed by atoms with E-state index < -0.39 is 0 Å². The molecule has 0 saturated heterocycles. The van der Waals surface area contributed by atoms with Crippen LogP contribution in [0.5, 0.6) is 0 Å². The highest BCUT2D eigenvalue weighted by Crippen LogP contribution is 2.22. The predicted octanol–water partition coefficient (Wildman–Crippen LogP) is 2.81. The van der Waals surface area contributed by atoms with Crippen LogP contribution in [0.1, 0.15) is 21.7 Å². The molecular weight excluding hydrogens is 390 g/mol. The Kier molecular flexibility index (Phi) is 5.22. The van der Waals surface area contributed by atoms with Gasteiger partial charge >= 0.3 is 0 Å². The lowest BCUT2D eigenvalue weighted by atomic mass is 10.1. The molecular formula is C21H20ClN5O2. The average molecular weight is 410 g/mol. The van der Waals surface area contributed by atoms with Crippen LogP contribution >= 0.6 is 12.4 Å². The van der Waals surface area contributed by atoms with Crippen LogP contribution in [0, 0.1) is 0 Å². The molecule has 2 aliphatic rings. The van der Waals surface area contributed by atoms with E-state index in [2.05, 4.69) is 25.9 Å². The molecule has 0 atom stereocenters. The van der Waals surface area contributed by atoms with Crippen LogP contribution in [0.4, 0.5) is 5.69 Å². The minimum Gasteiger partial charge on any atom is -0.451 e. The van der Waals surface area contributed by atoms with Crippen LogP contribution in [0.2, 0.25) is 0 Å². The molecule has 8 heteroatoms. The van der Waals surface area contributed by atoms with Crippen molar-refractivity contribution in [2.75, 3.05) is 31.5 Å². The summed E-state index contributed by atoms with van der Waals surface area (Å²) >= 11 is 0. The molecule has 3 aromatic rings. The zero-order valence-electron chi connectivity index (χ0n) is 15.6. The molecule has 7 nitrogen and oxygen atoms in total. The standard InChI is InChI=1S/C21H19N5O2.ClH/c27-21(26-16-5-3-13(4-6-16)19-22-7-8-23-19)18-11-14-1-2-15(12-17(14)28-18)20-24-9-10-25-20;/h1-6,11-12H,7-10H2,(H,22,23)(H,24,25)(H,26,27);1H. The maximum absolute atomic E-state index is 12.6. The second-order valence-electron chi connectivity index (χ2n) is 6.71. The summed E-state index contributed by atoms with van der Waals surface area (Å²) in [6, 6.07) is 15.2. The van der Waals surface area contributed by atoms with Gasteiger partial charge in [-0.1, -0.05) is 12.1 Å². The van der Waals surface area contributed by atoms with Crippen molar-refractivity contribution in [3.8, 4) is 0 Å². The highest BCUT2D eigenvalue weighted by molar-refractivity contribution is 6.06. The molecule has 0 radical (unpaired) electrons. The molecule has 5 rings (SSSR count). The van der Waals surface area contributed by atoms with Crippen LogP contribution in [-0.4, -0.2) is 43.8 Å². The molecule has 0 fully saturated rings. The van der Waals surface area contributed by atoms with Gasteiger partial charge in [0, 0.05) is 35.3 Å². The van der Waals surface area contributed by atoms with E-state index in [0.717, 1.165) is 54.4 Å². The number of halogens is 1. The zero-order chi connectivity index (χ0) is 18.9. The van der Waals surface area contributed by atoms with Gasteiger partial charge in [-0.3, -0.25) is 14.8 Å². The molecule has 29 heavy (non-hydrogen) atoms. The molecule has 0 aliphatic carbocycles. The molecule has 0 unspecified atom stereocenters. The minimum atomic E-state index is -0.279. The Morgan fingerprint density at radius 2 is 1.55 bits per heavy atom. The zero-order valence-corrected chi connectivity index (χ0v) is 16.4. The summed E-state index contributed by atoms with van der Waals surface area (Å²) in [6.45, 7) is 3.29. The second-order valence-corrected chi connectivity index (χ2v) is 6.71. The number of anilines is 1. The average Bonchev–Trinajstić information content (AvgIpc) is 3.49. The Bertz CT molecular complexity index is 1120. The molecule has 0 saturated carbocycles. The topological polar surface area (TPSA) is 91.0 Å². The summed E-state index contributed by atoms with van der Waals surface area (Å²) in [5.41, 5.74) is 3.35. The van der Waals surface area contributed by atoms with Gasteiger partial charge in [-0.25, -0.2) is 0 Å². The lowest BCUT2D eigenvalue weighted by Crippen LogP contribution is -2.19. The molecule has 148 valence electrons. The van der Waals surface area contributed by atoms with Gasteiger partial charge in [-0.05, 0) is 36.4 Å². The lowest BCUT2D eigenvalue weighted by molar-refractivity contribution is 0.0998. The summed E-state index contributed by atoms with van der Waals surface area (Å²) in [5.74, 6) is 1.76. The quantitative estimate of drug-likeness (QED) is 0.618. The van der Waals surface area contributed by atoms with E-state index in [-0.39, 0.29) is 24.1 Å². The number of rotatable bonds is 4. The normalized spacial score (nSPS) is 15.2. The Labute approximate surface area is 173 Å². The fraction of sp³-hybridized carbons (Fsp3) is 0.190. The van der Waals surface area contributed by atoms with Gasteiger partial charge in [0.2, 0.25) is 0 Å². The largest absolute Gasteiger partial charge is 0.451 e. The van der Waals surface area contributed by atoms with Gasteiger partial charge in [0.15, 0.2) is 5.76 Å². The fourth-order valence-corrected chi connectivity index (χ4v) is 3.38. The van der Waals surface area contributed by atoms with E-state index in [9.17, 15) is 4.79 Å². The van der Waals surface area contributed by atoms with E-state index in [1.807, 2.05) is 42.5 Å². The number of amides is 1. The Balaban J connectivity index is 0.00000205. The van der Waals surface area contributed by atoms with E-state index in [0.29, 0.717) is 11.3 Å². The van der Waals surface area contributed by atoms with Crippen LogP contribution in [0.25, 0.3) is 11.0 Å². The number of fused-ring (bicyclic) bond motifs is 1. The molecule has 1 aromatic heterocycles. The number of hydrogen-bond donors (Lipinski definition) is 3. The van der Waals surface area contributed by atoms with Gasteiger partial charge in [0.05, 0.1) is 13.1 Å². The number of carbonyl (C=O) groups is 1. The number of hydrogen-bond acceptors (Lipinski definition) is 6. The molecule has 0 spiro atoms. The van der Waals surface area contributed by atoms with Crippen molar-refractivity contribution < 1.29 is 9.21 Å². The molecule has 3 heterocycles. The van der Waals surface area contributed by atoms with Crippen molar-refractivity contribution >= 4 is 46.6 Å². The fourth-order valence-electron chi connectivity index (χ4n) is 3.38. The summed E-state index contributed by atoms with van der Waals surface area (Å²) in [6.07, 6.45) is 0. The number of aliphatic imine (C=N–C) groups is 2. The third kappa shape index (κ3) is 3.82. The van der Waals surface area contributed by atoms with E-state index in [1.165, 1.54) is 0 Å². The number of carbonyl (C=O) groups excluding carboxylic acids is 1. The van der Waals surface area contributed by atoms with Crippen molar-refractivity contribution in [2.24, 2.45) is 9.98 Å². The molecule has 1 amide bonds. The summed E-state index contributed by atoms with van der Waals surface area (Å²) < 4.78 is 5.78. The Morgan fingerprint density at radius 3 is 2.21 bits per heavy atom. The van der Waals surface area contributed by atoms with E-state index in [1.54, 1.807) is 6.07 Å². The van der Waals surface area contributed by atoms with Crippen molar-refractivity contribution in [3.05, 3.63) is 65.4 Å². The monoisotopic (exact) mass is 409 g/mol. The SMILES string of the molecule is Cl.O=C(Nc1ccc(C2=NCCN2)cc1)c1cc2ccc(C3=NCCN3)cc2o1. The first kappa shape index (κ1) is 19.0. The Hall–Kier alpha value is -3.32. The second kappa shape index (κ2) is 7.97. The van der Waals surface area contributed by atoms with Gasteiger partial charge in [-0.2, -0.15) is 0 Å². The van der Waals surface area contributed by atoms with Gasteiger partial charge in [0.1, 0.15) is 17.3 Å². The van der Waals surface area contributed by atoms with Crippen molar-refractivity contribution in [2.45, 2.75) is 0 Å². The van der Waals surface area contributed by atoms with E-state index >= 15 is 0 Å². The smallest absolute Gasteiger partial charge is 0.291 e.